The maximum Gasteiger partial charge on any atom is 0.186 e. The van der Waals surface area contributed by atoms with Gasteiger partial charge in [-0.1, -0.05) is 35.3 Å². The highest BCUT2D eigenvalue weighted by atomic mass is 35.5. The van der Waals surface area contributed by atoms with Crippen LogP contribution in [0.5, 0.6) is 11.5 Å². The van der Waals surface area contributed by atoms with Gasteiger partial charge in [-0.3, -0.25) is 5.43 Å². The van der Waals surface area contributed by atoms with E-state index < -0.39 is 0 Å². The van der Waals surface area contributed by atoms with Crippen LogP contribution in [0, 0.1) is 0 Å². The quantitative estimate of drug-likeness (QED) is 0.401. The second-order valence-corrected chi connectivity index (χ2v) is 6.38. The predicted octanol–water partition coefficient (Wildman–Crippen LogP) is 4.40. The van der Waals surface area contributed by atoms with Gasteiger partial charge in [-0.25, -0.2) is 0 Å². The van der Waals surface area contributed by atoms with E-state index in [0.717, 1.165) is 17.7 Å². The molecule has 0 saturated carbocycles. The Balaban J connectivity index is 2.17. The van der Waals surface area contributed by atoms with Crippen LogP contribution in [-0.2, 0) is 6.61 Å². The molecule has 2 rings (SSSR count). The predicted molar refractivity (Wildman–Crippen MR) is 111 cm³/mol. The molecule has 0 bridgehead atoms. The minimum Gasteiger partial charge on any atom is -0.493 e. The lowest BCUT2D eigenvalue weighted by Gasteiger charge is -2.14. The lowest BCUT2D eigenvalue weighted by Crippen LogP contribution is -2.31. The van der Waals surface area contributed by atoms with Crippen LogP contribution in [0.25, 0.3) is 0 Å². The SMILES string of the molecule is CCNC(=S)N/N=C\c1cccc(OC)c1OCc1ccc(Cl)cc1Cl. The van der Waals surface area contributed by atoms with Gasteiger partial charge in [0.2, 0.25) is 0 Å². The topological polar surface area (TPSA) is 54.9 Å². The Morgan fingerprint density at radius 1 is 1.27 bits per heavy atom. The summed E-state index contributed by atoms with van der Waals surface area (Å²) in [5.74, 6) is 1.15. The van der Waals surface area contributed by atoms with Crippen LogP contribution in [0.1, 0.15) is 18.1 Å². The molecule has 2 aromatic carbocycles. The summed E-state index contributed by atoms with van der Waals surface area (Å²) >= 11 is 17.2. The van der Waals surface area contributed by atoms with Crippen LogP contribution < -0.4 is 20.2 Å². The van der Waals surface area contributed by atoms with Gasteiger partial charge in [0.15, 0.2) is 16.6 Å². The van der Waals surface area contributed by atoms with E-state index in [-0.39, 0.29) is 6.61 Å². The molecular formula is C18H19Cl2N3O2S. The molecule has 0 aliphatic rings. The molecule has 0 spiro atoms. The van der Waals surface area contributed by atoms with Crippen LogP contribution in [0.4, 0.5) is 0 Å². The third-order valence-electron chi connectivity index (χ3n) is 3.32. The Kier molecular flexibility index (Phi) is 7.97. The molecule has 2 N–H and O–H groups in total. The lowest BCUT2D eigenvalue weighted by molar-refractivity contribution is 0.284. The van der Waals surface area contributed by atoms with Crippen molar-refractivity contribution in [1.82, 2.24) is 10.7 Å². The van der Waals surface area contributed by atoms with Gasteiger partial charge in [0.05, 0.1) is 13.3 Å². The van der Waals surface area contributed by atoms with Gasteiger partial charge in [-0.15, -0.1) is 0 Å². The fraction of sp³-hybridized carbons (Fsp3) is 0.222. The Labute approximate surface area is 168 Å². The van der Waals surface area contributed by atoms with Crippen LogP contribution in [0.2, 0.25) is 10.0 Å². The van der Waals surface area contributed by atoms with E-state index in [0.29, 0.717) is 26.7 Å². The average Bonchev–Trinajstić information content (AvgIpc) is 2.61. The molecule has 0 heterocycles. The van der Waals surface area contributed by atoms with Crippen LogP contribution in [0.15, 0.2) is 41.5 Å². The minimum atomic E-state index is 0.264. The van der Waals surface area contributed by atoms with Crippen LogP contribution in [-0.4, -0.2) is 25.0 Å². The third kappa shape index (κ3) is 5.76. The normalized spacial score (nSPS) is 10.6. The van der Waals surface area contributed by atoms with E-state index in [1.54, 1.807) is 25.5 Å². The Bertz CT molecular complexity index is 800. The first-order chi connectivity index (χ1) is 12.5. The highest BCUT2D eigenvalue weighted by molar-refractivity contribution is 7.80. The summed E-state index contributed by atoms with van der Waals surface area (Å²) in [6.45, 7) is 2.94. The molecule has 8 heteroatoms. The molecular weight excluding hydrogens is 393 g/mol. The Morgan fingerprint density at radius 2 is 2.08 bits per heavy atom. The number of nitrogens with one attached hydrogen (secondary N) is 2. The van der Waals surface area contributed by atoms with Gasteiger partial charge < -0.3 is 14.8 Å². The molecule has 0 amide bonds. The average molecular weight is 412 g/mol. The van der Waals surface area contributed by atoms with Crippen molar-refractivity contribution in [3.8, 4) is 11.5 Å². The van der Waals surface area contributed by atoms with Crippen molar-refractivity contribution < 1.29 is 9.47 Å². The number of halogens is 2. The van der Waals surface area contributed by atoms with Crippen LogP contribution in [0.3, 0.4) is 0 Å². The number of methoxy groups -OCH3 is 1. The Morgan fingerprint density at radius 3 is 2.77 bits per heavy atom. The van der Waals surface area contributed by atoms with Crippen molar-refractivity contribution in [3.05, 3.63) is 57.6 Å². The summed E-state index contributed by atoms with van der Waals surface area (Å²) in [6.07, 6.45) is 1.62. The number of hydrogen-bond acceptors (Lipinski definition) is 4. The van der Waals surface area contributed by atoms with Crippen molar-refractivity contribution in [2.75, 3.05) is 13.7 Å². The van der Waals surface area contributed by atoms with Gasteiger partial charge in [0.25, 0.3) is 0 Å². The molecule has 0 aliphatic heterocycles. The number of hydrazone groups is 1. The van der Waals surface area contributed by atoms with E-state index in [2.05, 4.69) is 15.8 Å². The lowest BCUT2D eigenvalue weighted by atomic mass is 10.2. The molecule has 0 unspecified atom stereocenters. The van der Waals surface area contributed by atoms with E-state index in [1.165, 1.54) is 0 Å². The highest BCUT2D eigenvalue weighted by Gasteiger charge is 2.11. The van der Waals surface area contributed by atoms with Crippen molar-refractivity contribution in [2.24, 2.45) is 5.10 Å². The fourth-order valence-corrected chi connectivity index (χ4v) is 2.76. The first-order valence-electron chi connectivity index (χ1n) is 7.85. The monoisotopic (exact) mass is 411 g/mol. The zero-order valence-electron chi connectivity index (χ0n) is 14.4. The summed E-state index contributed by atoms with van der Waals surface area (Å²) in [5.41, 5.74) is 4.30. The summed E-state index contributed by atoms with van der Waals surface area (Å²) in [7, 11) is 1.58. The van der Waals surface area contributed by atoms with Gasteiger partial charge in [0, 0.05) is 27.7 Å². The van der Waals surface area contributed by atoms with Crippen molar-refractivity contribution in [3.63, 3.8) is 0 Å². The van der Waals surface area contributed by atoms with Gasteiger partial charge in [0.1, 0.15) is 6.61 Å². The molecule has 0 atom stereocenters. The second kappa shape index (κ2) is 10.2. The number of thiocarbonyl (C=S) groups is 1. The largest absolute Gasteiger partial charge is 0.493 e. The smallest absolute Gasteiger partial charge is 0.186 e. The van der Waals surface area contributed by atoms with Crippen molar-refractivity contribution in [2.45, 2.75) is 13.5 Å². The molecule has 2 aromatic rings. The highest BCUT2D eigenvalue weighted by Crippen LogP contribution is 2.31. The number of para-hydroxylation sites is 1. The first-order valence-corrected chi connectivity index (χ1v) is 9.02. The van der Waals surface area contributed by atoms with Gasteiger partial charge >= 0.3 is 0 Å². The number of ether oxygens (including phenoxy) is 2. The molecule has 0 radical (unpaired) electrons. The van der Waals surface area contributed by atoms with E-state index >= 15 is 0 Å². The zero-order chi connectivity index (χ0) is 18.9. The summed E-state index contributed by atoms with van der Waals surface area (Å²) in [5, 5.41) is 8.64. The van der Waals surface area contributed by atoms with E-state index in [1.807, 2.05) is 31.2 Å². The molecule has 5 nitrogen and oxygen atoms in total. The molecule has 0 fully saturated rings. The minimum absolute atomic E-state index is 0.264. The zero-order valence-corrected chi connectivity index (χ0v) is 16.7. The van der Waals surface area contributed by atoms with E-state index in [4.69, 9.17) is 44.9 Å². The first kappa shape index (κ1) is 20.3. The fourth-order valence-electron chi connectivity index (χ4n) is 2.10. The summed E-state index contributed by atoms with van der Waals surface area (Å²) in [6, 6.07) is 10.8. The van der Waals surface area contributed by atoms with Crippen molar-refractivity contribution in [1.29, 1.82) is 0 Å². The molecule has 0 aromatic heterocycles. The molecule has 0 saturated heterocycles. The standard InChI is InChI=1S/C18H19Cl2N3O2S/c1-3-21-18(26)23-22-10-12-5-4-6-16(24-2)17(12)25-11-13-7-8-14(19)9-15(13)20/h4-10H,3,11H2,1-2H3,(H2,21,23,26)/b22-10-. The number of hydrogen-bond donors (Lipinski definition) is 2. The maximum atomic E-state index is 6.20. The third-order valence-corrected chi connectivity index (χ3v) is 4.15. The van der Waals surface area contributed by atoms with Crippen molar-refractivity contribution >= 4 is 46.7 Å². The summed E-state index contributed by atoms with van der Waals surface area (Å²) < 4.78 is 11.3. The second-order valence-electron chi connectivity index (χ2n) is 5.13. The maximum absolute atomic E-state index is 6.20. The number of nitrogens with zero attached hydrogens (tertiary/aromatic N) is 1. The summed E-state index contributed by atoms with van der Waals surface area (Å²) in [4.78, 5) is 0. The molecule has 26 heavy (non-hydrogen) atoms. The van der Waals surface area contributed by atoms with Gasteiger partial charge in [-0.2, -0.15) is 5.10 Å². The van der Waals surface area contributed by atoms with Crippen LogP contribution >= 0.6 is 35.4 Å². The molecule has 0 aliphatic carbocycles. The van der Waals surface area contributed by atoms with E-state index in [9.17, 15) is 0 Å². The van der Waals surface area contributed by atoms with Gasteiger partial charge in [-0.05, 0) is 43.4 Å². The molecule has 138 valence electrons. The Hall–Kier alpha value is -2.02. The number of rotatable bonds is 7. The number of benzene rings is 2.